The van der Waals surface area contributed by atoms with Gasteiger partial charge in [-0.05, 0) is 12.1 Å². The summed E-state index contributed by atoms with van der Waals surface area (Å²) in [4.78, 5) is 11.0. The Bertz CT molecular complexity index is 352. The minimum Gasteiger partial charge on any atom is -0.396 e. The summed E-state index contributed by atoms with van der Waals surface area (Å²) in [6.45, 7) is 0. The molecule has 0 unspecified atom stereocenters. The van der Waals surface area contributed by atoms with Gasteiger partial charge in [-0.2, -0.15) is 0 Å². The summed E-state index contributed by atoms with van der Waals surface area (Å²) in [5.41, 5.74) is 4.26. The van der Waals surface area contributed by atoms with Gasteiger partial charge in [0.1, 0.15) is 11.4 Å². The number of anilines is 1. The number of halogens is 2. The van der Waals surface area contributed by atoms with Crippen LogP contribution in [-0.2, 0) is 0 Å². The van der Waals surface area contributed by atoms with Gasteiger partial charge in [0.05, 0.1) is 5.69 Å². The number of nitrogen functional groups attached to an aromatic ring is 1. The van der Waals surface area contributed by atoms with Crippen LogP contribution in [-0.4, -0.2) is 13.0 Å². The van der Waals surface area contributed by atoms with Gasteiger partial charge in [0, 0.05) is 7.05 Å². The molecule has 0 fully saturated rings. The first-order valence-electron chi connectivity index (χ1n) is 3.53. The van der Waals surface area contributed by atoms with E-state index in [1.807, 2.05) is 0 Å². The molecule has 3 N–H and O–H groups in total. The van der Waals surface area contributed by atoms with Crippen LogP contribution in [0.2, 0.25) is 0 Å². The largest absolute Gasteiger partial charge is 0.396 e. The molecule has 0 aliphatic carbocycles. The second kappa shape index (κ2) is 3.38. The molecule has 1 amide bonds. The molecule has 0 aromatic heterocycles. The van der Waals surface area contributed by atoms with Gasteiger partial charge in [0.2, 0.25) is 0 Å². The lowest BCUT2D eigenvalue weighted by Gasteiger charge is -2.04. The van der Waals surface area contributed by atoms with Crippen LogP contribution in [0, 0.1) is 11.6 Å². The molecule has 0 saturated heterocycles. The van der Waals surface area contributed by atoms with Crippen molar-refractivity contribution in [1.82, 2.24) is 5.32 Å². The fourth-order valence-electron chi connectivity index (χ4n) is 0.902. The van der Waals surface area contributed by atoms with Crippen molar-refractivity contribution in [2.45, 2.75) is 0 Å². The van der Waals surface area contributed by atoms with Crippen molar-refractivity contribution in [3.05, 3.63) is 29.3 Å². The van der Waals surface area contributed by atoms with Crippen molar-refractivity contribution in [1.29, 1.82) is 0 Å². The number of carbonyl (C=O) groups excluding carboxylic acids is 1. The average Bonchev–Trinajstić information content (AvgIpc) is 2.12. The highest BCUT2D eigenvalue weighted by Crippen LogP contribution is 2.17. The summed E-state index contributed by atoms with van der Waals surface area (Å²) in [6.07, 6.45) is 0. The first-order chi connectivity index (χ1) is 6.07. The van der Waals surface area contributed by atoms with E-state index in [0.29, 0.717) is 0 Å². The Labute approximate surface area is 73.5 Å². The highest BCUT2D eigenvalue weighted by molar-refractivity contribution is 5.95. The highest BCUT2D eigenvalue weighted by atomic mass is 19.1. The van der Waals surface area contributed by atoms with Crippen LogP contribution >= 0.6 is 0 Å². The fraction of sp³-hybridized carbons (Fsp3) is 0.125. The number of rotatable bonds is 1. The number of amides is 1. The Morgan fingerprint density at radius 1 is 1.46 bits per heavy atom. The molecule has 0 heterocycles. The van der Waals surface area contributed by atoms with Gasteiger partial charge in [-0.15, -0.1) is 0 Å². The molecular formula is C8H8F2N2O. The monoisotopic (exact) mass is 186 g/mol. The number of nitrogens with one attached hydrogen (secondary N) is 1. The van der Waals surface area contributed by atoms with Gasteiger partial charge < -0.3 is 11.1 Å². The standard InChI is InChI=1S/C8H8F2N2O/c1-12-8(13)6-4(9)2-3-5(11)7(6)10/h2-3H,11H2,1H3,(H,12,13). The summed E-state index contributed by atoms with van der Waals surface area (Å²) in [5, 5.41) is 2.12. The molecule has 1 aromatic rings. The van der Waals surface area contributed by atoms with Crippen molar-refractivity contribution in [3.63, 3.8) is 0 Å². The molecule has 3 nitrogen and oxygen atoms in total. The lowest BCUT2D eigenvalue weighted by molar-refractivity contribution is 0.0955. The zero-order valence-corrected chi connectivity index (χ0v) is 6.90. The lowest BCUT2D eigenvalue weighted by Crippen LogP contribution is -2.21. The maximum absolute atomic E-state index is 13.1. The number of hydrogen-bond acceptors (Lipinski definition) is 2. The van der Waals surface area contributed by atoms with Gasteiger partial charge >= 0.3 is 0 Å². The molecule has 1 rings (SSSR count). The van der Waals surface area contributed by atoms with Crippen LogP contribution < -0.4 is 11.1 Å². The van der Waals surface area contributed by atoms with Crippen LogP contribution in [0.25, 0.3) is 0 Å². The van der Waals surface area contributed by atoms with E-state index in [1.165, 1.54) is 7.05 Å². The maximum Gasteiger partial charge on any atom is 0.257 e. The molecule has 0 atom stereocenters. The van der Waals surface area contributed by atoms with Crippen LogP contribution in [0.4, 0.5) is 14.5 Å². The minimum absolute atomic E-state index is 0.250. The SMILES string of the molecule is CNC(=O)c1c(F)ccc(N)c1F. The molecule has 70 valence electrons. The van der Waals surface area contributed by atoms with Crippen molar-refractivity contribution in [2.75, 3.05) is 12.8 Å². The Balaban J connectivity index is 3.33. The molecule has 13 heavy (non-hydrogen) atoms. The number of hydrogen-bond donors (Lipinski definition) is 2. The topological polar surface area (TPSA) is 55.1 Å². The summed E-state index contributed by atoms with van der Waals surface area (Å²) >= 11 is 0. The van der Waals surface area contributed by atoms with Gasteiger partial charge in [-0.25, -0.2) is 8.78 Å². The summed E-state index contributed by atoms with van der Waals surface area (Å²) < 4.78 is 26.0. The first-order valence-corrected chi connectivity index (χ1v) is 3.53. The molecule has 0 bridgehead atoms. The molecule has 0 saturated carbocycles. The van der Waals surface area contributed by atoms with E-state index in [-0.39, 0.29) is 5.69 Å². The smallest absolute Gasteiger partial charge is 0.257 e. The zero-order chi connectivity index (χ0) is 10.0. The van der Waals surface area contributed by atoms with Crippen molar-refractivity contribution in [2.24, 2.45) is 0 Å². The van der Waals surface area contributed by atoms with Crippen LogP contribution in [0.15, 0.2) is 12.1 Å². The van der Waals surface area contributed by atoms with Crippen LogP contribution in [0.5, 0.6) is 0 Å². The molecule has 0 aliphatic rings. The predicted octanol–water partition coefficient (Wildman–Crippen LogP) is 0.907. The summed E-state index contributed by atoms with van der Waals surface area (Å²) in [6, 6.07) is 2.01. The van der Waals surface area contributed by atoms with Crippen LogP contribution in [0.3, 0.4) is 0 Å². The third-order valence-corrected chi connectivity index (χ3v) is 1.58. The minimum atomic E-state index is -1.03. The van der Waals surface area contributed by atoms with Crippen molar-refractivity contribution >= 4 is 11.6 Å². The van der Waals surface area contributed by atoms with E-state index < -0.39 is 23.1 Å². The highest BCUT2D eigenvalue weighted by Gasteiger charge is 2.17. The van der Waals surface area contributed by atoms with Gasteiger partial charge in [0.25, 0.3) is 5.91 Å². The fourth-order valence-corrected chi connectivity index (χ4v) is 0.902. The van der Waals surface area contributed by atoms with E-state index in [9.17, 15) is 13.6 Å². The molecule has 0 aliphatic heterocycles. The third kappa shape index (κ3) is 1.58. The molecule has 0 radical (unpaired) electrons. The van der Waals surface area contributed by atoms with Gasteiger partial charge in [-0.1, -0.05) is 0 Å². The van der Waals surface area contributed by atoms with Gasteiger partial charge in [-0.3, -0.25) is 4.79 Å². The second-order valence-corrected chi connectivity index (χ2v) is 2.40. The van der Waals surface area contributed by atoms with E-state index in [0.717, 1.165) is 12.1 Å². The Kier molecular flexibility index (Phi) is 2.46. The summed E-state index contributed by atoms with van der Waals surface area (Å²) in [5.74, 6) is -2.78. The zero-order valence-electron chi connectivity index (χ0n) is 6.90. The lowest BCUT2D eigenvalue weighted by atomic mass is 10.1. The predicted molar refractivity (Wildman–Crippen MR) is 44.2 cm³/mol. The Morgan fingerprint density at radius 2 is 2.08 bits per heavy atom. The first kappa shape index (κ1) is 9.44. The quantitative estimate of drug-likeness (QED) is 0.640. The van der Waals surface area contributed by atoms with Gasteiger partial charge in [0.15, 0.2) is 5.82 Å². The maximum atomic E-state index is 13.1. The number of carbonyl (C=O) groups is 1. The molecule has 1 aromatic carbocycles. The van der Waals surface area contributed by atoms with Crippen molar-refractivity contribution < 1.29 is 13.6 Å². The van der Waals surface area contributed by atoms with E-state index in [1.54, 1.807) is 0 Å². The Morgan fingerprint density at radius 3 is 2.62 bits per heavy atom. The van der Waals surface area contributed by atoms with E-state index in [4.69, 9.17) is 5.73 Å². The third-order valence-electron chi connectivity index (χ3n) is 1.58. The average molecular weight is 186 g/mol. The Hall–Kier alpha value is -1.65. The number of nitrogens with two attached hydrogens (primary N) is 1. The normalized spacial score (nSPS) is 9.77. The molecular weight excluding hydrogens is 178 g/mol. The molecule has 0 spiro atoms. The number of benzene rings is 1. The van der Waals surface area contributed by atoms with E-state index in [2.05, 4.69) is 5.32 Å². The second-order valence-electron chi connectivity index (χ2n) is 2.40. The van der Waals surface area contributed by atoms with Crippen molar-refractivity contribution in [3.8, 4) is 0 Å². The van der Waals surface area contributed by atoms with Crippen LogP contribution in [0.1, 0.15) is 10.4 Å². The molecule has 5 heteroatoms. The summed E-state index contributed by atoms with van der Waals surface area (Å²) in [7, 11) is 1.28. The van der Waals surface area contributed by atoms with E-state index >= 15 is 0 Å².